The summed E-state index contributed by atoms with van der Waals surface area (Å²) < 4.78 is 0. The molecule has 0 aromatic carbocycles. The fourth-order valence-corrected chi connectivity index (χ4v) is 3.27. The maximum Gasteiger partial charge on any atom is 0.320 e. The molecular formula is C14H8N2O2S2. The van der Waals surface area contributed by atoms with Crippen molar-refractivity contribution in [2.24, 2.45) is 0 Å². The van der Waals surface area contributed by atoms with E-state index in [1.807, 2.05) is 0 Å². The van der Waals surface area contributed by atoms with Crippen LogP contribution in [-0.4, -0.2) is 9.97 Å². The Kier molecular flexibility index (Phi) is 3.49. The summed E-state index contributed by atoms with van der Waals surface area (Å²) in [5.41, 5.74) is -0.724. The van der Waals surface area contributed by atoms with E-state index in [9.17, 15) is 9.59 Å². The maximum atomic E-state index is 10.8. The summed E-state index contributed by atoms with van der Waals surface area (Å²) in [4.78, 5) is 31.1. The van der Waals surface area contributed by atoms with Crippen molar-refractivity contribution in [3.8, 4) is 21.1 Å². The zero-order valence-electron chi connectivity index (χ0n) is 10.1. The smallest absolute Gasteiger partial charge is 0.281 e. The van der Waals surface area contributed by atoms with Gasteiger partial charge in [0.25, 0.3) is 5.43 Å². The zero-order valence-corrected chi connectivity index (χ0v) is 11.8. The standard InChI is InChI=1S/C8H6S2.C6H2N2O2/c1-3-7(9-5-1)8-4-2-6-10-8;9-5-4-3(1-2-7-4)8-6(5)10/h1-6H;1-2H. The van der Waals surface area contributed by atoms with Crippen molar-refractivity contribution in [1.82, 2.24) is 9.97 Å². The summed E-state index contributed by atoms with van der Waals surface area (Å²) in [5.74, 6) is 0. The number of aromatic nitrogens is 2. The maximum absolute atomic E-state index is 10.8. The Labute approximate surface area is 122 Å². The van der Waals surface area contributed by atoms with Crippen molar-refractivity contribution in [2.45, 2.75) is 0 Å². The molecule has 0 saturated heterocycles. The van der Waals surface area contributed by atoms with E-state index >= 15 is 0 Å². The third kappa shape index (κ3) is 2.43. The van der Waals surface area contributed by atoms with Crippen LogP contribution in [0.1, 0.15) is 0 Å². The van der Waals surface area contributed by atoms with Crippen molar-refractivity contribution in [3.05, 3.63) is 67.9 Å². The van der Waals surface area contributed by atoms with Crippen molar-refractivity contribution < 1.29 is 0 Å². The van der Waals surface area contributed by atoms with E-state index in [1.54, 1.807) is 22.7 Å². The van der Waals surface area contributed by atoms with Gasteiger partial charge in [0.15, 0.2) is 0 Å². The van der Waals surface area contributed by atoms with Gasteiger partial charge in [-0.3, -0.25) is 14.6 Å². The molecule has 0 amide bonds. The molecule has 98 valence electrons. The largest absolute Gasteiger partial charge is 0.320 e. The second-order valence-corrected chi connectivity index (χ2v) is 5.77. The van der Waals surface area contributed by atoms with Crippen LogP contribution in [0.2, 0.25) is 0 Å². The fraction of sp³-hybridized carbons (Fsp3) is 0. The molecule has 4 nitrogen and oxygen atoms in total. The van der Waals surface area contributed by atoms with E-state index in [0.717, 1.165) is 0 Å². The summed E-state index contributed by atoms with van der Waals surface area (Å²) in [6.45, 7) is 0. The summed E-state index contributed by atoms with van der Waals surface area (Å²) in [6, 6.07) is 10.0. The molecule has 0 bridgehead atoms. The second-order valence-electron chi connectivity index (χ2n) is 3.88. The van der Waals surface area contributed by atoms with E-state index in [4.69, 9.17) is 0 Å². The third-order valence-electron chi connectivity index (χ3n) is 2.60. The van der Waals surface area contributed by atoms with Gasteiger partial charge >= 0.3 is 5.56 Å². The molecule has 20 heavy (non-hydrogen) atoms. The summed E-state index contributed by atoms with van der Waals surface area (Å²) in [7, 11) is 0. The Morgan fingerprint density at radius 2 is 1.55 bits per heavy atom. The lowest BCUT2D eigenvalue weighted by atomic mass is 10.4. The molecule has 0 aliphatic carbocycles. The highest BCUT2D eigenvalue weighted by Gasteiger charge is 2.14. The van der Waals surface area contributed by atoms with Crippen LogP contribution in [0.25, 0.3) is 21.1 Å². The lowest BCUT2D eigenvalue weighted by Crippen LogP contribution is -2.19. The molecule has 0 atom stereocenters. The second kappa shape index (κ2) is 5.44. The van der Waals surface area contributed by atoms with Crippen LogP contribution in [0.15, 0.2) is 56.9 Å². The van der Waals surface area contributed by atoms with Gasteiger partial charge in [-0.1, -0.05) is 12.1 Å². The molecule has 0 unspecified atom stereocenters. The van der Waals surface area contributed by atoms with Gasteiger partial charge in [0, 0.05) is 16.0 Å². The van der Waals surface area contributed by atoms with E-state index in [-0.39, 0.29) is 5.69 Å². The predicted molar refractivity (Wildman–Crippen MR) is 81.2 cm³/mol. The van der Waals surface area contributed by atoms with E-state index < -0.39 is 11.0 Å². The number of thiophene rings is 2. The quantitative estimate of drug-likeness (QED) is 0.507. The average molecular weight is 300 g/mol. The molecule has 4 heterocycles. The molecule has 2 aromatic rings. The minimum absolute atomic E-state index is 0.185. The summed E-state index contributed by atoms with van der Waals surface area (Å²) in [5, 5.41) is 4.21. The van der Waals surface area contributed by atoms with Crippen LogP contribution in [0.5, 0.6) is 0 Å². The number of hydrogen-bond donors (Lipinski definition) is 0. The minimum atomic E-state index is -0.710. The van der Waals surface area contributed by atoms with E-state index in [0.29, 0.717) is 5.69 Å². The van der Waals surface area contributed by atoms with Crippen molar-refractivity contribution in [3.63, 3.8) is 0 Å². The molecule has 2 aliphatic rings. The normalized spacial score (nSPS) is 10.4. The number of nitrogens with zero attached hydrogens (tertiary/aromatic N) is 2. The predicted octanol–water partition coefficient (Wildman–Crippen LogP) is 2.65. The zero-order chi connectivity index (χ0) is 13.9. The number of hydrogen-bond acceptors (Lipinski definition) is 6. The van der Waals surface area contributed by atoms with Crippen LogP contribution >= 0.6 is 22.7 Å². The minimum Gasteiger partial charge on any atom is -0.281 e. The molecule has 0 fully saturated rings. The Morgan fingerprint density at radius 3 is 2.05 bits per heavy atom. The Morgan fingerprint density at radius 1 is 0.900 bits per heavy atom. The first kappa shape index (κ1) is 12.8. The SMILES string of the molecule is O=c1nc2ccnc-2c1=O.c1csc(-c2cccs2)c1. The average Bonchev–Trinajstić information content (AvgIpc) is 3.18. The van der Waals surface area contributed by atoms with Crippen LogP contribution in [0.3, 0.4) is 0 Å². The number of fused-ring (bicyclic) bond motifs is 1. The van der Waals surface area contributed by atoms with Gasteiger partial charge in [0.1, 0.15) is 5.69 Å². The van der Waals surface area contributed by atoms with Gasteiger partial charge in [0.2, 0.25) is 0 Å². The molecule has 0 radical (unpaired) electrons. The van der Waals surface area contributed by atoms with Crippen LogP contribution < -0.4 is 11.0 Å². The highest BCUT2D eigenvalue weighted by molar-refractivity contribution is 7.20. The summed E-state index contributed by atoms with van der Waals surface area (Å²) in [6.07, 6.45) is 1.46. The van der Waals surface area contributed by atoms with Crippen molar-refractivity contribution in [2.75, 3.05) is 0 Å². The van der Waals surface area contributed by atoms with Gasteiger partial charge in [-0.25, -0.2) is 4.98 Å². The third-order valence-corrected chi connectivity index (χ3v) is 4.53. The molecule has 0 saturated carbocycles. The number of rotatable bonds is 1. The van der Waals surface area contributed by atoms with Gasteiger partial charge < -0.3 is 0 Å². The Balaban J connectivity index is 0.000000121. The molecule has 2 aromatic heterocycles. The molecule has 6 heteroatoms. The van der Waals surface area contributed by atoms with Crippen LogP contribution in [0.4, 0.5) is 0 Å². The van der Waals surface area contributed by atoms with Crippen LogP contribution in [-0.2, 0) is 0 Å². The fourth-order valence-electron chi connectivity index (χ4n) is 1.69. The Bertz CT molecular complexity index is 812. The monoisotopic (exact) mass is 300 g/mol. The molecule has 4 rings (SSSR count). The lowest BCUT2D eigenvalue weighted by Gasteiger charge is -1.84. The Hall–Kier alpha value is -2.18. The molecule has 0 N–H and O–H groups in total. The van der Waals surface area contributed by atoms with Gasteiger partial charge in [-0.05, 0) is 29.0 Å². The lowest BCUT2D eigenvalue weighted by molar-refractivity contribution is 1.30. The highest BCUT2D eigenvalue weighted by Crippen LogP contribution is 2.28. The highest BCUT2D eigenvalue weighted by atomic mass is 32.1. The van der Waals surface area contributed by atoms with Crippen molar-refractivity contribution >= 4 is 22.7 Å². The first-order chi connectivity index (χ1) is 9.75. The first-order valence-electron chi connectivity index (χ1n) is 5.75. The summed E-state index contributed by atoms with van der Waals surface area (Å²) >= 11 is 3.58. The molecule has 0 spiro atoms. The van der Waals surface area contributed by atoms with Gasteiger partial charge in [-0.15, -0.1) is 22.7 Å². The first-order valence-corrected chi connectivity index (χ1v) is 7.51. The molecule has 2 aliphatic heterocycles. The van der Waals surface area contributed by atoms with Gasteiger partial charge in [-0.2, -0.15) is 0 Å². The van der Waals surface area contributed by atoms with E-state index in [1.165, 1.54) is 22.0 Å². The molecular weight excluding hydrogens is 292 g/mol. The van der Waals surface area contributed by atoms with Gasteiger partial charge in [0.05, 0.1) is 5.69 Å². The van der Waals surface area contributed by atoms with Crippen molar-refractivity contribution in [1.29, 1.82) is 0 Å². The topological polar surface area (TPSA) is 59.9 Å². The van der Waals surface area contributed by atoms with Crippen LogP contribution in [0, 0.1) is 0 Å². The van der Waals surface area contributed by atoms with E-state index in [2.05, 4.69) is 45.0 Å².